The third-order valence-electron chi connectivity index (χ3n) is 4.18. The summed E-state index contributed by atoms with van der Waals surface area (Å²) in [6, 6.07) is 13.9. The molecule has 7 heteroatoms. The number of esters is 2. The minimum absolute atomic E-state index is 0.179. The van der Waals surface area contributed by atoms with Gasteiger partial charge in [0, 0.05) is 4.47 Å². The Labute approximate surface area is 172 Å². The molecule has 0 aromatic heterocycles. The molecule has 0 spiro atoms. The van der Waals surface area contributed by atoms with Gasteiger partial charge >= 0.3 is 11.9 Å². The number of anilines is 2. The lowest BCUT2D eigenvalue weighted by Gasteiger charge is -2.20. The Hall–Kier alpha value is -2.80. The van der Waals surface area contributed by atoms with Gasteiger partial charge in [0.1, 0.15) is 0 Å². The van der Waals surface area contributed by atoms with E-state index in [0.29, 0.717) is 11.4 Å². The highest BCUT2D eigenvalue weighted by molar-refractivity contribution is 9.10. The predicted molar refractivity (Wildman–Crippen MR) is 112 cm³/mol. The number of halogens is 1. The molecule has 1 aliphatic heterocycles. The number of hydrogen-bond donors (Lipinski definition) is 2. The van der Waals surface area contributed by atoms with Gasteiger partial charge in [-0.2, -0.15) is 0 Å². The highest BCUT2D eigenvalue weighted by Crippen LogP contribution is 2.36. The number of benzene rings is 2. The molecule has 146 valence electrons. The molecule has 0 bridgehead atoms. The minimum Gasteiger partial charge on any atom is -0.464 e. The van der Waals surface area contributed by atoms with Crippen LogP contribution in [-0.4, -0.2) is 31.2 Å². The molecule has 0 saturated carbocycles. The number of carbonyl (C=O) groups excluding carboxylic acids is 2. The highest BCUT2D eigenvalue weighted by Gasteiger charge is 2.36. The summed E-state index contributed by atoms with van der Waals surface area (Å²) in [4.78, 5) is 25.7. The van der Waals surface area contributed by atoms with Crippen molar-refractivity contribution in [3.8, 4) is 0 Å². The van der Waals surface area contributed by atoms with E-state index in [4.69, 9.17) is 9.47 Å². The van der Waals surface area contributed by atoms with Gasteiger partial charge in [0.2, 0.25) is 0 Å². The first-order valence-corrected chi connectivity index (χ1v) is 9.80. The van der Waals surface area contributed by atoms with Crippen molar-refractivity contribution in [1.82, 2.24) is 0 Å². The fourth-order valence-electron chi connectivity index (χ4n) is 2.98. The van der Waals surface area contributed by atoms with Crippen molar-refractivity contribution < 1.29 is 19.1 Å². The molecular weight excluding hydrogens is 424 g/mol. The van der Waals surface area contributed by atoms with Crippen molar-refractivity contribution in [2.45, 2.75) is 19.9 Å². The molecule has 6 nitrogen and oxygen atoms in total. The van der Waals surface area contributed by atoms with Gasteiger partial charge in [-0.05, 0) is 37.6 Å². The van der Waals surface area contributed by atoms with Crippen LogP contribution in [0.3, 0.4) is 0 Å². The third kappa shape index (κ3) is 4.20. The average Bonchev–Trinajstić information content (AvgIpc) is 2.86. The molecule has 0 aliphatic carbocycles. The second kappa shape index (κ2) is 8.93. The van der Waals surface area contributed by atoms with Crippen LogP contribution in [0.15, 0.2) is 58.6 Å². The van der Waals surface area contributed by atoms with Crippen molar-refractivity contribution in [1.29, 1.82) is 0 Å². The smallest absolute Gasteiger partial charge is 0.338 e. The Kier molecular flexibility index (Phi) is 6.36. The molecule has 3 rings (SSSR count). The van der Waals surface area contributed by atoms with Crippen molar-refractivity contribution in [3.63, 3.8) is 0 Å². The summed E-state index contributed by atoms with van der Waals surface area (Å²) in [6.07, 6.45) is 0. The van der Waals surface area contributed by atoms with Gasteiger partial charge in [-0.3, -0.25) is 0 Å². The SMILES string of the molecule is CCOC(=O)C1=C(c2ccccc2)Nc2ccc(Br)cc2NC1C(=O)OCC. The zero-order valence-electron chi connectivity index (χ0n) is 15.6. The summed E-state index contributed by atoms with van der Waals surface area (Å²) in [7, 11) is 0. The fourth-order valence-corrected chi connectivity index (χ4v) is 3.34. The van der Waals surface area contributed by atoms with E-state index in [1.54, 1.807) is 13.8 Å². The molecule has 2 N–H and O–H groups in total. The van der Waals surface area contributed by atoms with Crippen molar-refractivity contribution in [2.24, 2.45) is 0 Å². The maximum atomic E-state index is 12.9. The van der Waals surface area contributed by atoms with Gasteiger partial charge in [0.15, 0.2) is 6.04 Å². The van der Waals surface area contributed by atoms with Crippen LogP contribution in [0.25, 0.3) is 5.70 Å². The van der Waals surface area contributed by atoms with Crippen LogP contribution in [0.2, 0.25) is 0 Å². The molecular formula is C21H21BrN2O4. The van der Waals surface area contributed by atoms with E-state index in [1.807, 2.05) is 48.5 Å². The summed E-state index contributed by atoms with van der Waals surface area (Å²) in [5.74, 6) is -1.13. The van der Waals surface area contributed by atoms with Gasteiger partial charge in [-0.1, -0.05) is 46.3 Å². The molecule has 0 radical (unpaired) electrons. The summed E-state index contributed by atoms with van der Waals surface area (Å²) in [5.41, 5.74) is 2.85. The van der Waals surface area contributed by atoms with Crippen molar-refractivity contribution >= 4 is 44.9 Å². The van der Waals surface area contributed by atoms with Gasteiger partial charge < -0.3 is 20.1 Å². The first-order chi connectivity index (χ1) is 13.5. The summed E-state index contributed by atoms with van der Waals surface area (Å²) >= 11 is 3.44. The molecule has 1 unspecified atom stereocenters. The van der Waals surface area contributed by atoms with Gasteiger partial charge in [0.25, 0.3) is 0 Å². The minimum atomic E-state index is -1.02. The second-order valence-corrected chi connectivity index (χ2v) is 6.94. The highest BCUT2D eigenvalue weighted by atomic mass is 79.9. The number of nitrogens with one attached hydrogen (secondary N) is 2. The molecule has 1 atom stereocenters. The Balaban J connectivity index is 2.23. The molecule has 0 fully saturated rings. The van der Waals surface area contributed by atoms with Crippen LogP contribution in [0, 0.1) is 0 Å². The zero-order valence-corrected chi connectivity index (χ0v) is 17.2. The number of rotatable bonds is 5. The standard InChI is InChI=1S/C21H21BrN2O4/c1-3-27-20(25)17-18(13-8-6-5-7-9-13)23-15-11-10-14(22)12-16(15)24-19(17)21(26)28-4-2/h5-12,19,23-24H,3-4H2,1-2H3. The first-order valence-electron chi connectivity index (χ1n) is 9.01. The normalized spacial score (nSPS) is 15.6. The van der Waals surface area contributed by atoms with E-state index in [1.165, 1.54) is 0 Å². The Bertz CT molecular complexity index is 912. The summed E-state index contributed by atoms with van der Waals surface area (Å²) in [6.45, 7) is 3.84. The van der Waals surface area contributed by atoms with E-state index >= 15 is 0 Å². The van der Waals surface area contributed by atoms with E-state index in [2.05, 4.69) is 26.6 Å². The summed E-state index contributed by atoms with van der Waals surface area (Å²) < 4.78 is 11.4. The zero-order chi connectivity index (χ0) is 20.1. The lowest BCUT2D eigenvalue weighted by molar-refractivity contribution is -0.146. The topological polar surface area (TPSA) is 76.7 Å². The van der Waals surface area contributed by atoms with Crippen molar-refractivity contribution in [3.05, 3.63) is 64.1 Å². The number of ether oxygens (including phenoxy) is 2. The summed E-state index contributed by atoms with van der Waals surface area (Å²) in [5, 5.41) is 6.46. The number of fused-ring (bicyclic) bond motifs is 1. The lowest BCUT2D eigenvalue weighted by Crippen LogP contribution is -2.37. The Morgan fingerprint density at radius 1 is 1.00 bits per heavy atom. The monoisotopic (exact) mass is 444 g/mol. The van der Waals surface area contributed by atoms with E-state index < -0.39 is 18.0 Å². The maximum absolute atomic E-state index is 12.9. The Morgan fingerprint density at radius 2 is 1.71 bits per heavy atom. The quantitative estimate of drug-likeness (QED) is 0.673. The molecule has 2 aromatic carbocycles. The molecule has 0 amide bonds. The van der Waals surface area contributed by atoms with Gasteiger partial charge in [-0.25, -0.2) is 9.59 Å². The van der Waals surface area contributed by atoms with E-state index in [9.17, 15) is 9.59 Å². The van der Waals surface area contributed by atoms with Crippen LogP contribution in [0.1, 0.15) is 19.4 Å². The van der Waals surface area contributed by atoms with Crippen LogP contribution in [0.4, 0.5) is 11.4 Å². The predicted octanol–water partition coefficient (Wildman–Crippen LogP) is 4.19. The van der Waals surface area contributed by atoms with Gasteiger partial charge in [-0.15, -0.1) is 0 Å². The third-order valence-corrected chi connectivity index (χ3v) is 4.67. The Morgan fingerprint density at radius 3 is 2.39 bits per heavy atom. The van der Waals surface area contributed by atoms with Gasteiger partial charge in [0.05, 0.1) is 35.9 Å². The lowest BCUT2D eigenvalue weighted by atomic mass is 10.00. The molecule has 2 aromatic rings. The maximum Gasteiger partial charge on any atom is 0.338 e. The number of hydrogen-bond acceptors (Lipinski definition) is 6. The molecule has 0 saturated heterocycles. The van der Waals surface area contributed by atoms with Crippen LogP contribution >= 0.6 is 15.9 Å². The van der Waals surface area contributed by atoms with Crippen LogP contribution in [0.5, 0.6) is 0 Å². The average molecular weight is 445 g/mol. The van der Waals surface area contributed by atoms with E-state index in [-0.39, 0.29) is 18.8 Å². The van der Waals surface area contributed by atoms with Crippen LogP contribution < -0.4 is 10.6 Å². The second-order valence-electron chi connectivity index (χ2n) is 6.02. The molecule has 1 heterocycles. The largest absolute Gasteiger partial charge is 0.464 e. The van der Waals surface area contributed by atoms with E-state index in [0.717, 1.165) is 15.7 Å². The van der Waals surface area contributed by atoms with Crippen molar-refractivity contribution in [2.75, 3.05) is 23.8 Å². The molecule has 1 aliphatic rings. The van der Waals surface area contributed by atoms with Crippen LogP contribution in [-0.2, 0) is 19.1 Å². The first kappa shape index (κ1) is 19.9. The molecule has 28 heavy (non-hydrogen) atoms. The fraction of sp³-hybridized carbons (Fsp3) is 0.238. The number of carbonyl (C=O) groups is 2.